The number of H-pyrrole nitrogens is 1. The van der Waals surface area contributed by atoms with Crippen LogP contribution in [0.5, 0.6) is 0 Å². The third-order valence-electron chi connectivity index (χ3n) is 1.95. The van der Waals surface area contributed by atoms with Crippen molar-refractivity contribution in [1.82, 2.24) is 9.97 Å². The molecule has 1 heterocycles. The molecule has 0 bridgehead atoms. The van der Waals surface area contributed by atoms with Crippen LogP contribution in [-0.2, 0) is 6.42 Å². The second kappa shape index (κ2) is 2.49. The van der Waals surface area contributed by atoms with Crippen molar-refractivity contribution in [3.05, 3.63) is 17.7 Å². The Balaban J connectivity index is 2.05. The maximum Gasteiger partial charge on any atom is 0.167 e. The molecule has 1 saturated carbocycles. The van der Waals surface area contributed by atoms with Gasteiger partial charge in [0.05, 0.1) is 11.9 Å². The van der Waals surface area contributed by atoms with Crippen molar-refractivity contribution in [3.63, 3.8) is 0 Å². The van der Waals surface area contributed by atoms with Crippen molar-refractivity contribution >= 4 is 6.29 Å². The number of nitrogens with zero attached hydrogens (tertiary/aromatic N) is 1. The molecule has 1 aliphatic rings. The molecule has 1 aromatic rings. The Morgan fingerprint density at radius 1 is 1.73 bits per heavy atom. The van der Waals surface area contributed by atoms with E-state index in [1.165, 1.54) is 12.8 Å². The minimum Gasteiger partial charge on any atom is -0.340 e. The Hall–Kier alpha value is -1.12. The van der Waals surface area contributed by atoms with Gasteiger partial charge in [0.1, 0.15) is 5.82 Å². The van der Waals surface area contributed by atoms with Gasteiger partial charge in [0.15, 0.2) is 6.29 Å². The highest BCUT2D eigenvalue weighted by Crippen LogP contribution is 2.31. The van der Waals surface area contributed by atoms with Crippen molar-refractivity contribution in [3.8, 4) is 0 Å². The number of imidazole rings is 1. The third kappa shape index (κ3) is 1.48. The number of rotatable bonds is 3. The van der Waals surface area contributed by atoms with Gasteiger partial charge in [-0.05, 0) is 18.8 Å². The van der Waals surface area contributed by atoms with Gasteiger partial charge >= 0.3 is 0 Å². The van der Waals surface area contributed by atoms with Crippen molar-refractivity contribution in [2.45, 2.75) is 19.3 Å². The van der Waals surface area contributed by atoms with Crippen molar-refractivity contribution in [1.29, 1.82) is 0 Å². The van der Waals surface area contributed by atoms with Gasteiger partial charge in [-0.1, -0.05) is 0 Å². The highest BCUT2D eigenvalue weighted by Gasteiger charge is 2.22. The molecule has 0 aliphatic heterocycles. The summed E-state index contributed by atoms with van der Waals surface area (Å²) in [5.74, 6) is 1.77. The third-order valence-corrected chi connectivity index (χ3v) is 1.95. The van der Waals surface area contributed by atoms with Gasteiger partial charge in [-0.25, -0.2) is 4.98 Å². The lowest BCUT2D eigenvalue weighted by atomic mass is 10.3. The van der Waals surface area contributed by atoms with Crippen LogP contribution in [-0.4, -0.2) is 16.3 Å². The van der Waals surface area contributed by atoms with Gasteiger partial charge in [0.2, 0.25) is 0 Å². The van der Waals surface area contributed by atoms with Crippen LogP contribution in [0.4, 0.5) is 0 Å². The monoisotopic (exact) mass is 150 g/mol. The number of carbonyl (C=O) groups excluding carboxylic acids is 1. The number of hydrogen-bond acceptors (Lipinski definition) is 2. The van der Waals surface area contributed by atoms with Gasteiger partial charge in [-0.2, -0.15) is 0 Å². The summed E-state index contributed by atoms with van der Waals surface area (Å²) in [6, 6.07) is 0. The van der Waals surface area contributed by atoms with Crippen LogP contribution in [0.3, 0.4) is 0 Å². The zero-order chi connectivity index (χ0) is 7.68. The topological polar surface area (TPSA) is 45.8 Å². The number of aromatic nitrogens is 2. The zero-order valence-corrected chi connectivity index (χ0v) is 6.21. The summed E-state index contributed by atoms with van der Waals surface area (Å²) in [5.41, 5.74) is 0.584. The number of aromatic amines is 1. The first-order valence-electron chi connectivity index (χ1n) is 3.87. The van der Waals surface area contributed by atoms with Crippen LogP contribution < -0.4 is 0 Å². The summed E-state index contributed by atoms with van der Waals surface area (Å²) in [6.45, 7) is 0. The van der Waals surface area contributed by atoms with Crippen LogP contribution in [0.15, 0.2) is 6.20 Å². The molecular formula is C8H10N2O. The van der Waals surface area contributed by atoms with E-state index in [-0.39, 0.29) is 0 Å². The van der Waals surface area contributed by atoms with Crippen LogP contribution in [0.25, 0.3) is 0 Å². The molecule has 0 aromatic carbocycles. The predicted octanol–water partition coefficient (Wildman–Crippen LogP) is 1.17. The first kappa shape index (κ1) is 6.58. The Morgan fingerprint density at radius 3 is 3.09 bits per heavy atom. The molecule has 1 aliphatic carbocycles. The molecule has 0 saturated heterocycles. The van der Waals surface area contributed by atoms with Crippen molar-refractivity contribution in [2.24, 2.45) is 5.92 Å². The quantitative estimate of drug-likeness (QED) is 0.657. The van der Waals surface area contributed by atoms with Gasteiger partial charge in [-0.3, -0.25) is 4.79 Å². The molecule has 0 unspecified atom stereocenters. The standard InChI is InChI=1S/C8H10N2O/c11-5-7-4-9-8(10-7)3-6-1-2-6/h4-6H,1-3H2,(H,9,10). The summed E-state index contributed by atoms with van der Waals surface area (Å²) >= 11 is 0. The van der Waals surface area contributed by atoms with Gasteiger partial charge in [0.25, 0.3) is 0 Å². The minimum atomic E-state index is 0.584. The van der Waals surface area contributed by atoms with Crippen LogP contribution in [0, 0.1) is 5.92 Å². The molecule has 3 heteroatoms. The second-order valence-corrected chi connectivity index (χ2v) is 3.05. The number of aldehydes is 1. The Morgan fingerprint density at radius 2 is 2.55 bits per heavy atom. The normalized spacial score (nSPS) is 16.7. The van der Waals surface area contributed by atoms with Crippen LogP contribution in [0.1, 0.15) is 29.2 Å². The van der Waals surface area contributed by atoms with Gasteiger partial charge in [-0.15, -0.1) is 0 Å². The summed E-state index contributed by atoms with van der Waals surface area (Å²) < 4.78 is 0. The fraction of sp³-hybridized carbons (Fsp3) is 0.500. The zero-order valence-electron chi connectivity index (χ0n) is 6.21. The Labute approximate surface area is 64.8 Å². The molecule has 1 fully saturated rings. The average molecular weight is 150 g/mol. The Bertz CT molecular complexity index is 263. The summed E-state index contributed by atoms with van der Waals surface area (Å²) in [6.07, 6.45) is 6.02. The molecule has 3 nitrogen and oxygen atoms in total. The lowest BCUT2D eigenvalue weighted by molar-refractivity contribution is 0.111. The van der Waals surface area contributed by atoms with E-state index < -0.39 is 0 Å². The molecule has 58 valence electrons. The first-order chi connectivity index (χ1) is 5.38. The van der Waals surface area contributed by atoms with Crippen molar-refractivity contribution in [2.75, 3.05) is 0 Å². The van der Waals surface area contributed by atoms with E-state index in [1.54, 1.807) is 6.20 Å². The van der Waals surface area contributed by atoms with E-state index in [1.807, 2.05) is 0 Å². The summed E-state index contributed by atoms with van der Waals surface area (Å²) in [4.78, 5) is 17.3. The van der Waals surface area contributed by atoms with E-state index in [4.69, 9.17) is 0 Å². The molecule has 0 atom stereocenters. The lowest BCUT2D eigenvalue weighted by Crippen LogP contribution is -1.89. The number of nitrogens with one attached hydrogen (secondary N) is 1. The molecule has 1 N–H and O–H groups in total. The molecule has 0 amide bonds. The largest absolute Gasteiger partial charge is 0.340 e. The molecule has 1 aromatic heterocycles. The maximum atomic E-state index is 10.2. The highest BCUT2D eigenvalue weighted by atomic mass is 16.1. The molecular weight excluding hydrogens is 140 g/mol. The Kier molecular flexibility index (Phi) is 1.49. The van der Waals surface area contributed by atoms with Crippen LogP contribution in [0.2, 0.25) is 0 Å². The highest BCUT2D eigenvalue weighted by molar-refractivity contribution is 5.71. The van der Waals surface area contributed by atoms with E-state index in [9.17, 15) is 4.79 Å². The number of hydrogen-bond donors (Lipinski definition) is 1. The second-order valence-electron chi connectivity index (χ2n) is 3.05. The fourth-order valence-corrected chi connectivity index (χ4v) is 1.14. The maximum absolute atomic E-state index is 10.2. The van der Waals surface area contributed by atoms with E-state index in [2.05, 4.69) is 9.97 Å². The predicted molar refractivity (Wildman–Crippen MR) is 40.4 cm³/mol. The molecule has 0 radical (unpaired) electrons. The van der Waals surface area contributed by atoms with E-state index >= 15 is 0 Å². The summed E-state index contributed by atoms with van der Waals surface area (Å²) in [5, 5.41) is 0. The molecule has 2 rings (SSSR count). The van der Waals surface area contributed by atoms with Crippen LogP contribution >= 0.6 is 0 Å². The van der Waals surface area contributed by atoms with E-state index in [0.29, 0.717) is 5.69 Å². The van der Waals surface area contributed by atoms with Crippen molar-refractivity contribution < 1.29 is 4.79 Å². The van der Waals surface area contributed by atoms with Gasteiger partial charge < -0.3 is 4.98 Å². The lowest BCUT2D eigenvalue weighted by Gasteiger charge is -1.89. The smallest absolute Gasteiger partial charge is 0.167 e. The molecule has 0 spiro atoms. The summed E-state index contributed by atoms with van der Waals surface area (Å²) in [7, 11) is 0. The fourth-order valence-electron chi connectivity index (χ4n) is 1.14. The number of carbonyl (C=O) groups is 1. The first-order valence-corrected chi connectivity index (χ1v) is 3.87. The molecule has 11 heavy (non-hydrogen) atoms. The van der Waals surface area contributed by atoms with E-state index in [0.717, 1.165) is 24.4 Å². The SMILES string of the molecule is O=Cc1cnc(CC2CC2)[nH]1. The van der Waals surface area contributed by atoms with Gasteiger partial charge in [0, 0.05) is 6.42 Å². The minimum absolute atomic E-state index is 0.584. The average Bonchev–Trinajstić information content (AvgIpc) is 2.68.